The monoisotopic (exact) mass is 294 g/mol. The number of benzene rings is 3. The Bertz CT molecular complexity index is 868. The van der Waals surface area contributed by atoms with Crippen LogP contribution in [-0.2, 0) is 5.41 Å². The molecule has 1 atom stereocenters. The fourth-order valence-corrected chi connectivity index (χ4v) is 4.51. The summed E-state index contributed by atoms with van der Waals surface area (Å²) >= 11 is 0. The van der Waals surface area contributed by atoms with Crippen LogP contribution < -0.4 is 0 Å². The molecule has 0 heteroatoms. The molecule has 3 aromatic carbocycles. The highest BCUT2D eigenvalue weighted by Gasteiger charge is 2.60. The summed E-state index contributed by atoms with van der Waals surface area (Å²) in [6, 6.07) is 28.6. The van der Waals surface area contributed by atoms with Crippen molar-refractivity contribution >= 4 is 5.57 Å². The van der Waals surface area contributed by atoms with E-state index in [1.807, 2.05) is 0 Å². The van der Waals surface area contributed by atoms with Crippen molar-refractivity contribution in [3.8, 4) is 0 Å². The lowest BCUT2D eigenvalue weighted by Gasteiger charge is -2.31. The zero-order valence-electron chi connectivity index (χ0n) is 13.0. The molecule has 0 heterocycles. The molecule has 23 heavy (non-hydrogen) atoms. The van der Waals surface area contributed by atoms with Crippen molar-refractivity contribution < 1.29 is 0 Å². The number of fused-ring (bicyclic) bond motifs is 4. The Kier molecular flexibility index (Phi) is 2.50. The minimum atomic E-state index is 0.135. The van der Waals surface area contributed by atoms with E-state index in [9.17, 15) is 0 Å². The Morgan fingerprint density at radius 3 is 1.83 bits per heavy atom. The molecule has 1 unspecified atom stereocenters. The smallest absolute Gasteiger partial charge is 0.0290 e. The minimum absolute atomic E-state index is 0.135. The van der Waals surface area contributed by atoms with E-state index < -0.39 is 0 Å². The van der Waals surface area contributed by atoms with Gasteiger partial charge in [-0.2, -0.15) is 0 Å². The fraction of sp³-hybridized carbons (Fsp3) is 0.130. The lowest BCUT2D eigenvalue weighted by molar-refractivity contribution is 0.787. The summed E-state index contributed by atoms with van der Waals surface area (Å²) in [5.74, 6) is 0.569. The third-order valence-electron chi connectivity index (χ3n) is 5.63. The number of hydrogen-bond donors (Lipinski definition) is 0. The highest BCUT2D eigenvalue weighted by molar-refractivity contribution is 5.88. The van der Waals surface area contributed by atoms with Crippen LogP contribution in [0.2, 0.25) is 0 Å². The maximum absolute atomic E-state index is 4.39. The number of rotatable bonds is 1. The second-order valence-electron chi connectivity index (χ2n) is 6.71. The van der Waals surface area contributed by atoms with Gasteiger partial charge in [-0.25, -0.2) is 0 Å². The van der Waals surface area contributed by atoms with Gasteiger partial charge in [-0.1, -0.05) is 85.4 Å². The highest BCUT2D eigenvalue weighted by atomic mass is 14.6. The van der Waals surface area contributed by atoms with E-state index >= 15 is 0 Å². The Morgan fingerprint density at radius 2 is 1.22 bits per heavy atom. The Hall–Kier alpha value is -2.60. The molecule has 1 fully saturated rings. The molecule has 0 aliphatic heterocycles. The normalized spacial score (nSPS) is 20.0. The zero-order chi connectivity index (χ0) is 15.4. The Labute approximate surface area is 137 Å². The summed E-state index contributed by atoms with van der Waals surface area (Å²) < 4.78 is 0. The molecule has 110 valence electrons. The van der Waals surface area contributed by atoms with Crippen molar-refractivity contribution in [3.05, 3.63) is 113 Å². The summed E-state index contributed by atoms with van der Waals surface area (Å²) in [5, 5.41) is 0. The van der Waals surface area contributed by atoms with Crippen molar-refractivity contribution in [2.24, 2.45) is 0 Å². The molecule has 1 spiro atoms. The van der Waals surface area contributed by atoms with E-state index in [-0.39, 0.29) is 5.41 Å². The van der Waals surface area contributed by atoms with E-state index in [4.69, 9.17) is 0 Å². The van der Waals surface area contributed by atoms with Crippen molar-refractivity contribution in [2.45, 2.75) is 17.8 Å². The molecule has 0 saturated heterocycles. The van der Waals surface area contributed by atoms with Crippen molar-refractivity contribution in [2.75, 3.05) is 0 Å². The van der Waals surface area contributed by atoms with Gasteiger partial charge >= 0.3 is 0 Å². The van der Waals surface area contributed by atoms with E-state index in [1.54, 1.807) is 0 Å². The maximum Gasteiger partial charge on any atom is 0.0290 e. The van der Waals surface area contributed by atoms with Crippen molar-refractivity contribution in [1.29, 1.82) is 0 Å². The molecule has 0 N–H and O–H groups in total. The fourth-order valence-electron chi connectivity index (χ4n) is 4.51. The predicted molar refractivity (Wildman–Crippen MR) is 95.6 cm³/mol. The molecule has 0 aromatic heterocycles. The van der Waals surface area contributed by atoms with Crippen LogP contribution in [0.25, 0.3) is 5.57 Å². The molecule has 0 radical (unpaired) electrons. The van der Waals surface area contributed by atoms with E-state index in [0.29, 0.717) is 5.92 Å². The first-order chi connectivity index (χ1) is 11.3. The van der Waals surface area contributed by atoms with Gasteiger partial charge in [0.15, 0.2) is 0 Å². The molecule has 0 nitrogen and oxygen atoms in total. The van der Waals surface area contributed by atoms with Crippen molar-refractivity contribution in [1.82, 2.24) is 0 Å². The van der Waals surface area contributed by atoms with Gasteiger partial charge in [0.05, 0.1) is 0 Å². The minimum Gasteiger partial charge on any atom is -0.0905 e. The Morgan fingerprint density at radius 1 is 0.696 bits per heavy atom. The van der Waals surface area contributed by atoms with Crippen LogP contribution >= 0.6 is 0 Å². The Balaban J connectivity index is 1.78. The van der Waals surface area contributed by atoms with Gasteiger partial charge in [-0.15, -0.1) is 0 Å². The van der Waals surface area contributed by atoms with Crippen LogP contribution in [0.15, 0.2) is 85.4 Å². The largest absolute Gasteiger partial charge is 0.0905 e. The third-order valence-corrected chi connectivity index (χ3v) is 5.63. The molecular weight excluding hydrogens is 276 g/mol. The lowest BCUT2D eigenvalue weighted by atomic mass is 9.72. The second kappa shape index (κ2) is 4.45. The highest BCUT2D eigenvalue weighted by Crippen LogP contribution is 2.68. The molecule has 5 rings (SSSR count). The van der Waals surface area contributed by atoms with Gasteiger partial charge in [-0.3, -0.25) is 0 Å². The first kappa shape index (κ1) is 12.9. The van der Waals surface area contributed by atoms with Crippen LogP contribution in [0.5, 0.6) is 0 Å². The van der Waals surface area contributed by atoms with Gasteiger partial charge in [0.1, 0.15) is 0 Å². The van der Waals surface area contributed by atoms with Gasteiger partial charge in [0, 0.05) is 5.41 Å². The van der Waals surface area contributed by atoms with Crippen LogP contribution in [-0.4, -0.2) is 0 Å². The summed E-state index contributed by atoms with van der Waals surface area (Å²) in [5.41, 5.74) is 8.31. The lowest BCUT2D eigenvalue weighted by Crippen LogP contribution is -2.20. The molecular formula is C23H18. The summed E-state index contributed by atoms with van der Waals surface area (Å²) in [7, 11) is 0. The summed E-state index contributed by atoms with van der Waals surface area (Å²) in [6.07, 6.45) is 1.19. The molecule has 3 aromatic rings. The molecule has 0 amide bonds. The second-order valence-corrected chi connectivity index (χ2v) is 6.71. The standard InChI is InChI=1S/C23H18/c1-16-18-11-5-7-13-20(18)23(21-14-8-6-12-19(16)21)15-22(23)17-9-3-2-4-10-17/h2-14,22H,1,15H2. The van der Waals surface area contributed by atoms with Gasteiger partial charge < -0.3 is 0 Å². The molecule has 2 aliphatic carbocycles. The topological polar surface area (TPSA) is 0 Å². The van der Waals surface area contributed by atoms with Crippen molar-refractivity contribution in [3.63, 3.8) is 0 Å². The predicted octanol–water partition coefficient (Wildman–Crippen LogP) is 5.54. The maximum atomic E-state index is 4.39. The van der Waals surface area contributed by atoms with Crippen LogP contribution in [0.4, 0.5) is 0 Å². The quantitative estimate of drug-likeness (QED) is 0.553. The van der Waals surface area contributed by atoms with Crippen LogP contribution in [0, 0.1) is 0 Å². The van der Waals surface area contributed by atoms with Crippen LogP contribution in [0.3, 0.4) is 0 Å². The first-order valence-electron chi connectivity index (χ1n) is 8.26. The first-order valence-corrected chi connectivity index (χ1v) is 8.26. The van der Waals surface area contributed by atoms with E-state index in [0.717, 1.165) is 0 Å². The zero-order valence-corrected chi connectivity index (χ0v) is 13.0. The summed E-state index contributed by atoms with van der Waals surface area (Å²) in [4.78, 5) is 0. The van der Waals surface area contributed by atoms with E-state index in [2.05, 4.69) is 85.4 Å². The van der Waals surface area contributed by atoms with Gasteiger partial charge in [0.25, 0.3) is 0 Å². The average molecular weight is 294 g/mol. The van der Waals surface area contributed by atoms with Gasteiger partial charge in [-0.05, 0) is 45.7 Å². The SMILES string of the molecule is C=C1c2ccccc2C2(CC2c2ccccc2)c2ccccc21. The molecule has 1 saturated carbocycles. The average Bonchev–Trinajstić information content (AvgIpc) is 3.37. The molecule has 0 bridgehead atoms. The molecule has 2 aliphatic rings. The van der Waals surface area contributed by atoms with Crippen LogP contribution in [0.1, 0.15) is 40.2 Å². The third kappa shape index (κ3) is 1.61. The summed E-state index contributed by atoms with van der Waals surface area (Å²) in [6.45, 7) is 4.39. The van der Waals surface area contributed by atoms with E-state index in [1.165, 1.54) is 39.8 Å². The number of hydrogen-bond acceptors (Lipinski definition) is 0. The van der Waals surface area contributed by atoms with Gasteiger partial charge in [0.2, 0.25) is 0 Å².